The van der Waals surface area contributed by atoms with Crippen molar-refractivity contribution in [1.82, 2.24) is 5.32 Å². The van der Waals surface area contributed by atoms with Crippen molar-refractivity contribution in [3.8, 4) is 0 Å². The van der Waals surface area contributed by atoms with Crippen LogP contribution in [0.15, 0.2) is 48.5 Å². The third-order valence-electron chi connectivity index (χ3n) is 3.54. The maximum Gasteiger partial charge on any atom is 0.251 e. The number of benzene rings is 2. The molecular weight excluding hydrogens is 321 g/mol. The highest BCUT2D eigenvalue weighted by Gasteiger charge is 2.31. The predicted octanol–water partition coefficient (Wildman–Crippen LogP) is 3.62. The molecule has 0 aromatic heterocycles. The number of carbonyl (C=O) groups excluding carboxylic acids is 1. The number of nitrogens with one attached hydrogen (secondary N) is 1. The van der Waals surface area contributed by atoms with Gasteiger partial charge in [-0.1, -0.05) is 46.3 Å². The van der Waals surface area contributed by atoms with Gasteiger partial charge < -0.3 is 5.32 Å². The van der Waals surface area contributed by atoms with Gasteiger partial charge in [0.1, 0.15) is 5.82 Å². The fourth-order valence-electron chi connectivity index (χ4n) is 2.57. The number of amides is 1. The topological polar surface area (TPSA) is 29.1 Å². The molecule has 0 aliphatic heterocycles. The quantitative estimate of drug-likeness (QED) is 0.835. The Hall–Kier alpha value is -1.68. The summed E-state index contributed by atoms with van der Waals surface area (Å²) in [7, 11) is 0. The minimum absolute atomic E-state index is 0.0815. The second kappa shape index (κ2) is 5.37. The molecule has 4 heteroatoms. The smallest absolute Gasteiger partial charge is 0.251 e. The van der Waals surface area contributed by atoms with Gasteiger partial charge in [0.05, 0.1) is 6.04 Å². The zero-order valence-corrected chi connectivity index (χ0v) is 12.2. The van der Waals surface area contributed by atoms with Gasteiger partial charge in [-0.05, 0) is 35.7 Å². The van der Waals surface area contributed by atoms with E-state index < -0.39 is 5.82 Å². The van der Waals surface area contributed by atoms with Gasteiger partial charge in [0.25, 0.3) is 5.91 Å². The first-order valence-electron chi connectivity index (χ1n) is 6.43. The molecule has 2 aromatic rings. The lowest BCUT2D eigenvalue weighted by Crippen LogP contribution is -2.31. The van der Waals surface area contributed by atoms with E-state index in [1.807, 2.05) is 18.2 Å². The Bertz CT molecular complexity index is 658. The molecule has 1 aliphatic rings. The van der Waals surface area contributed by atoms with Crippen LogP contribution in [0.4, 0.5) is 4.39 Å². The lowest BCUT2D eigenvalue weighted by atomic mass is 10.1. The lowest BCUT2D eigenvalue weighted by molar-refractivity contribution is 0.0937. The molecule has 0 heterocycles. The minimum atomic E-state index is -0.403. The van der Waals surface area contributed by atoms with Gasteiger partial charge in [-0.15, -0.1) is 0 Å². The third kappa shape index (κ3) is 2.48. The van der Waals surface area contributed by atoms with Crippen LogP contribution in [0.1, 0.15) is 27.5 Å². The van der Waals surface area contributed by atoms with Crippen LogP contribution in [-0.2, 0) is 6.42 Å². The number of fused-ring (bicyclic) bond motifs is 1. The van der Waals surface area contributed by atoms with Crippen molar-refractivity contribution in [3.63, 3.8) is 0 Å². The van der Waals surface area contributed by atoms with E-state index in [4.69, 9.17) is 0 Å². The summed E-state index contributed by atoms with van der Waals surface area (Å²) in [6.07, 6.45) is 0.879. The Kier molecular flexibility index (Phi) is 3.57. The summed E-state index contributed by atoms with van der Waals surface area (Å²) in [4.78, 5) is 12.4. The van der Waals surface area contributed by atoms with Gasteiger partial charge in [-0.3, -0.25) is 4.79 Å². The SMILES string of the molecule is O=C(NC1c2ccccc2CC1Br)c1cccc(F)c1. The standard InChI is InChI=1S/C16H13BrFNO/c17-14-9-10-4-1-2-7-13(10)15(14)19-16(20)11-5-3-6-12(18)8-11/h1-8,14-15H,9H2,(H,19,20). The van der Waals surface area contributed by atoms with Crippen molar-refractivity contribution >= 4 is 21.8 Å². The maximum atomic E-state index is 13.2. The highest BCUT2D eigenvalue weighted by atomic mass is 79.9. The molecule has 1 amide bonds. The number of halogens is 2. The van der Waals surface area contributed by atoms with Gasteiger partial charge in [-0.25, -0.2) is 4.39 Å². The first-order valence-corrected chi connectivity index (χ1v) is 7.35. The summed E-state index contributed by atoms with van der Waals surface area (Å²) >= 11 is 3.61. The molecule has 1 aliphatic carbocycles. The number of hydrogen-bond acceptors (Lipinski definition) is 1. The molecule has 0 fully saturated rings. The maximum absolute atomic E-state index is 13.2. The molecule has 20 heavy (non-hydrogen) atoms. The Labute approximate surface area is 125 Å². The first kappa shape index (κ1) is 13.3. The average Bonchev–Trinajstić information content (AvgIpc) is 2.75. The Morgan fingerprint density at radius 2 is 2.00 bits per heavy atom. The summed E-state index contributed by atoms with van der Waals surface area (Å²) < 4.78 is 13.2. The average molecular weight is 334 g/mol. The van der Waals surface area contributed by atoms with E-state index in [9.17, 15) is 9.18 Å². The fraction of sp³-hybridized carbons (Fsp3) is 0.188. The molecule has 0 spiro atoms. The summed E-state index contributed by atoms with van der Waals surface area (Å²) in [6, 6.07) is 13.7. The van der Waals surface area contributed by atoms with Crippen LogP contribution >= 0.6 is 15.9 Å². The van der Waals surface area contributed by atoms with E-state index >= 15 is 0 Å². The molecule has 0 radical (unpaired) electrons. The number of carbonyl (C=O) groups is 1. The summed E-state index contributed by atoms with van der Waals surface area (Å²) in [5.74, 6) is -0.657. The molecular formula is C16H13BrFNO. The lowest BCUT2D eigenvalue weighted by Gasteiger charge is -2.17. The Morgan fingerprint density at radius 1 is 1.20 bits per heavy atom. The second-order valence-electron chi connectivity index (χ2n) is 4.88. The van der Waals surface area contributed by atoms with Gasteiger partial charge in [0, 0.05) is 10.4 Å². The van der Waals surface area contributed by atoms with Crippen LogP contribution in [0, 0.1) is 5.82 Å². The van der Waals surface area contributed by atoms with Gasteiger partial charge in [0.2, 0.25) is 0 Å². The number of rotatable bonds is 2. The molecule has 1 N–H and O–H groups in total. The molecule has 0 bridgehead atoms. The van der Waals surface area contributed by atoms with Crippen LogP contribution in [0.3, 0.4) is 0 Å². The monoisotopic (exact) mass is 333 g/mol. The molecule has 0 saturated heterocycles. The first-order chi connectivity index (χ1) is 9.65. The van der Waals surface area contributed by atoms with E-state index in [1.165, 1.54) is 17.7 Å². The molecule has 3 rings (SSSR count). The van der Waals surface area contributed by atoms with E-state index in [2.05, 4.69) is 27.3 Å². The van der Waals surface area contributed by atoms with Crippen LogP contribution in [-0.4, -0.2) is 10.7 Å². The van der Waals surface area contributed by atoms with Crippen molar-refractivity contribution in [2.75, 3.05) is 0 Å². The molecule has 2 aromatic carbocycles. The molecule has 102 valence electrons. The highest BCUT2D eigenvalue weighted by molar-refractivity contribution is 9.09. The normalized spacial score (nSPS) is 20.5. The van der Waals surface area contributed by atoms with Crippen LogP contribution < -0.4 is 5.32 Å². The third-order valence-corrected chi connectivity index (χ3v) is 4.39. The zero-order chi connectivity index (χ0) is 14.1. The minimum Gasteiger partial charge on any atom is -0.344 e. The zero-order valence-electron chi connectivity index (χ0n) is 10.6. The van der Waals surface area contributed by atoms with Crippen molar-refractivity contribution in [2.45, 2.75) is 17.3 Å². The molecule has 2 atom stereocenters. The number of alkyl halides is 1. The van der Waals surface area contributed by atoms with Crippen molar-refractivity contribution < 1.29 is 9.18 Å². The van der Waals surface area contributed by atoms with Gasteiger partial charge in [-0.2, -0.15) is 0 Å². The van der Waals surface area contributed by atoms with Crippen LogP contribution in [0.5, 0.6) is 0 Å². The fourth-order valence-corrected chi connectivity index (χ4v) is 3.33. The van der Waals surface area contributed by atoms with Crippen LogP contribution in [0.25, 0.3) is 0 Å². The molecule has 2 nitrogen and oxygen atoms in total. The van der Waals surface area contributed by atoms with Crippen molar-refractivity contribution in [2.24, 2.45) is 0 Å². The van der Waals surface area contributed by atoms with E-state index in [0.29, 0.717) is 5.56 Å². The molecule has 2 unspecified atom stereocenters. The summed E-state index contributed by atoms with van der Waals surface area (Å²) in [5, 5.41) is 2.98. The Balaban J connectivity index is 1.83. The molecule has 0 saturated carbocycles. The largest absolute Gasteiger partial charge is 0.344 e. The Morgan fingerprint density at radius 3 is 2.80 bits per heavy atom. The summed E-state index contributed by atoms with van der Waals surface area (Å²) in [5.41, 5.74) is 2.70. The van der Waals surface area contributed by atoms with E-state index in [-0.39, 0.29) is 16.8 Å². The van der Waals surface area contributed by atoms with Gasteiger partial charge >= 0.3 is 0 Å². The van der Waals surface area contributed by atoms with Crippen molar-refractivity contribution in [3.05, 3.63) is 71.0 Å². The number of hydrogen-bond donors (Lipinski definition) is 1. The van der Waals surface area contributed by atoms with E-state index in [0.717, 1.165) is 12.0 Å². The van der Waals surface area contributed by atoms with Gasteiger partial charge in [0.15, 0.2) is 0 Å². The second-order valence-corrected chi connectivity index (χ2v) is 6.06. The summed E-state index contributed by atoms with van der Waals surface area (Å²) in [6.45, 7) is 0. The van der Waals surface area contributed by atoms with Crippen molar-refractivity contribution in [1.29, 1.82) is 0 Å². The predicted molar refractivity (Wildman–Crippen MR) is 79.5 cm³/mol. The van der Waals surface area contributed by atoms with Crippen LogP contribution in [0.2, 0.25) is 0 Å². The van der Waals surface area contributed by atoms with E-state index in [1.54, 1.807) is 12.1 Å². The highest BCUT2D eigenvalue weighted by Crippen LogP contribution is 2.35.